The summed E-state index contributed by atoms with van der Waals surface area (Å²) in [6.07, 6.45) is 0.804. The number of carbonyl (C=O) groups excluding carboxylic acids is 2. The number of aliphatic hydroxyl groups excluding tert-OH is 1. The smallest absolute Gasteiger partial charge is 0.338 e. The van der Waals surface area contributed by atoms with E-state index in [2.05, 4.69) is 0 Å². The Morgan fingerprint density at radius 3 is 2.58 bits per heavy atom. The molecule has 0 bridgehead atoms. The number of para-hydroxylation sites is 1. The van der Waals surface area contributed by atoms with Crippen molar-refractivity contribution in [3.8, 4) is 0 Å². The number of rotatable bonds is 4. The van der Waals surface area contributed by atoms with Crippen LogP contribution in [-0.4, -0.2) is 29.6 Å². The second-order valence-electron chi connectivity index (χ2n) is 5.88. The molecule has 24 heavy (non-hydrogen) atoms. The first-order chi connectivity index (χ1) is 11.6. The van der Waals surface area contributed by atoms with E-state index in [0.717, 1.165) is 17.7 Å². The summed E-state index contributed by atoms with van der Waals surface area (Å²) < 4.78 is 5.15. The number of ether oxygens (including phenoxy) is 1. The van der Waals surface area contributed by atoms with E-state index in [4.69, 9.17) is 9.84 Å². The molecule has 2 aromatic rings. The summed E-state index contributed by atoms with van der Waals surface area (Å²) in [5, 5.41) is 9.00. The van der Waals surface area contributed by atoms with Crippen LogP contribution in [0, 0.1) is 0 Å². The SMILES string of the molecule is C[C@H]1Cc2ccccc2N1C(=O)COC(=O)c1ccc(CO)cc1. The maximum absolute atomic E-state index is 12.5. The number of amides is 1. The van der Waals surface area contributed by atoms with Crippen LogP contribution in [-0.2, 0) is 22.6 Å². The third kappa shape index (κ3) is 3.16. The van der Waals surface area contributed by atoms with Crippen molar-refractivity contribution >= 4 is 17.6 Å². The number of carbonyl (C=O) groups is 2. The molecule has 1 amide bonds. The molecule has 0 saturated carbocycles. The zero-order chi connectivity index (χ0) is 17.1. The summed E-state index contributed by atoms with van der Waals surface area (Å²) >= 11 is 0. The molecule has 0 fully saturated rings. The van der Waals surface area contributed by atoms with E-state index < -0.39 is 5.97 Å². The van der Waals surface area contributed by atoms with E-state index in [1.54, 1.807) is 29.2 Å². The number of benzene rings is 2. The van der Waals surface area contributed by atoms with E-state index in [-0.39, 0.29) is 25.2 Å². The number of hydrogen-bond acceptors (Lipinski definition) is 4. The van der Waals surface area contributed by atoms with E-state index in [1.807, 2.05) is 31.2 Å². The molecule has 0 aliphatic carbocycles. The summed E-state index contributed by atoms with van der Waals surface area (Å²) in [4.78, 5) is 26.2. The topological polar surface area (TPSA) is 66.8 Å². The van der Waals surface area contributed by atoms with Crippen LogP contribution in [0.3, 0.4) is 0 Å². The minimum absolute atomic E-state index is 0.0532. The molecule has 3 rings (SSSR count). The van der Waals surface area contributed by atoms with Crippen molar-refractivity contribution in [1.29, 1.82) is 0 Å². The van der Waals surface area contributed by atoms with Gasteiger partial charge in [0.2, 0.25) is 0 Å². The average Bonchev–Trinajstić information content (AvgIpc) is 2.95. The van der Waals surface area contributed by atoms with Gasteiger partial charge in [-0.3, -0.25) is 4.79 Å². The molecule has 1 aliphatic rings. The van der Waals surface area contributed by atoms with E-state index in [0.29, 0.717) is 11.1 Å². The third-order valence-corrected chi connectivity index (χ3v) is 4.17. The largest absolute Gasteiger partial charge is 0.452 e. The van der Waals surface area contributed by atoms with Crippen LogP contribution in [0.25, 0.3) is 0 Å². The summed E-state index contributed by atoms with van der Waals surface area (Å²) in [5.41, 5.74) is 3.09. The molecule has 1 atom stereocenters. The minimum atomic E-state index is -0.548. The van der Waals surface area contributed by atoms with Crippen molar-refractivity contribution in [3.63, 3.8) is 0 Å². The van der Waals surface area contributed by atoms with Gasteiger partial charge in [-0.05, 0) is 42.7 Å². The highest BCUT2D eigenvalue weighted by Gasteiger charge is 2.30. The van der Waals surface area contributed by atoms with Crippen molar-refractivity contribution in [1.82, 2.24) is 0 Å². The molecule has 0 saturated heterocycles. The predicted molar refractivity (Wildman–Crippen MR) is 89.7 cm³/mol. The van der Waals surface area contributed by atoms with Crippen LogP contribution in [0.5, 0.6) is 0 Å². The highest BCUT2D eigenvalue weighted by molar-refractivity contribution is 5.99. The molecule has 1 N–H and O–H groups in total. The van der Waals surface area contributed by atoms with Gasteiger partial charge in [-0.2, -0.15) is 0 Å². The van der Waals surface area contributed by atoms with Crippen LogP contribution in [0.2, 0.25) is 0 Å². The fourth-order valence-electron chi connectivity index (χ4n) is 2.97. The van der Waals surface area contributed by atoms with Crippen LogP contribution in [0.15, 0.2) is 48.5 Å². The molecular weight excluding hydrogens is 306 g/mol. The fraction of sp³-hybridized carbons (Fsp3) is 0.263. The molecule has 124 valence electrons. The van der Waals surface area contributed by atoms with Crippen molar-refractivity contribution in [3.05, 3.63) is 65.2 Å². The van der Waals surface area contributed by atoms with Crippen LogP contribution in [0.4, 0.5) is 5.69 Å². The number of fused-ring (bicyclic) bond motifs is 1. The van der Waals surface area contributed by atoms with Gasteiger partial charge >= 0.3 is 5.97 Å². The van der Waals surface area contributed by atoms with Crippen molar-refractivity contribution in [2.45, 2.75) is 26.0 Å². The van der Waals surface area contributed by atoms with E-state index in [9.17, 15) is 9.59 Å². The van der Waals surface area contributed by atoms with Crippen molar-refractivity contribution < 1.29 is 19.4 Å². The maximum Gasteiger partial charge on any atom is 0.338 e. The first kappa shape index (κ1) is 16.2. The van der Waals surface area contributed by atoms with Crippen molar-refractivity contribution in [2.24, 2.45) is 0 Å². The second kappa shape index (κ2) is 6.84. The summed E-state index contributed by atoms with van der Waals surface area (Å²) in [6.45, 7) is 1.60. The first-order valence-corrected chi connectivity index (χ1v) is 7.87. The monoisotopic (exact) mass is 325 g/mol. The van der Waals surface area contributed by atoms with Gasteiger partial charge in [0.05, 0.1) is 12.2 Å². The lowest BCUT2D eigenvalue weighted by Gasteiger charge is -2.22. The number of anilines is 1. The first-order valence-electron chi connectivity index (χ1n) is 7.87. The summed E-state index contributed by atoms with van der Waals surface area (Å²) in [7, 11) is 0. The molecular formula is C19H19NO4. The lowest BCUT2D eigenvalue weighted by Crippen LogP contribution is -2.38. The van der Waals surface area contributed by atoms with Crippen LogP contribution >= 0.6 is 0 Å². The summed E-state index contributed by atoms with van der Waals surface area (Å²) in [6, 6.07) is 14.3. The van der Waals surface area contributed by atoms with Crippen LogP contribution in [0.1, 0.15) is 28.4 Å². The highest BCUT2D eigenvalue weighted by atomic mass is 16.5. The van der Waals surface area contributed by atoms with E-state index >= 15 is 0 Å². The number of nitrogens with zero attached hydrogens (tertiary/aromatic N) is 1. The highest BCUT2D eigenvalue weighted by Crippen LogP contribution is 2.31. The zero-order valence-corrected chi connectivity index (χ0v) is 13.4. The number of hydrogen-bond donors (Lipinski definition) is 1. The molecule has 1 heterocycles. The Labute approximate surface area is 140 Å². The maximum atomic E-state index is 12.5. The lowest BCUT2D eigenvalue weighted by molar-refractivity contribution is -0.122. The van der Waals surface area contributed by atoms with Gasteiger partial charge < -0.3 is 14.7 Å². The van der Waals surface area contributed by atoms with Gasteiger partial charge in [0.1, 0.15) is 0 Å². The third-order valence-electron chi connectivity index (χ3n) is 4.17. The second-order valence-corrected chi connectivity index (χ2v) is 5.88. The summed E-state index contributed by atoms with van der Waals surface area (Å²) in [5.74, 6) is -0.777. The fourth-order valence-corrected chi connectivity index (χ4v) is 2.97. The molecule has 5 heteroatoms. The molecule has 0 unspecified atom stereocenters. The molecule has 0 aromatic heterocycles. The van der Waals surface area contributed by atoms with Gasteiger partial charge in [0.25, 0.3) is 5.91 Å². The van der Waals surface area contributed by atoms with Gasteiger partial charge in [0.15, 0.2) is 6.61 Å². The Morgan fingerprint density at radius 2 is 1.88 bits per heavy atom. The van der Waals surface area contributed by atoms with Gasteiger partial charge in [-0.1, -0.05) is 30.3 Å². The Hall–Kier alpha value is -2.66. The predicted octanol–water partition coefficient (Wildman–Crippen LogP) is 2.31. The quantitative estimate of drug-likeness (QED) is 0.876. The molecule has 5 nitrogen and oxygen atoms in total. The zero-order valence-electron chi connectivity index (χ0n) is 13.4. The number of esters is 1. The normalized spacial score (nSPS) is 15.9. The van der Waals surface area contributed by atoms with Gasteiger partial charge in [-0.15, -0.1) is 0 Å². The Morgan fingerprint density at radius 1 is 1.17 bits per heavy atom. The number of aliphatic hydroxyl groups is 1. The van der Waals surface area contributed by atoms with Gasteiger partial charge in [0, 0.05) is 11.7 Å². The van der Waals surface area contributed by atoms with E-state index in [1.165, 1.54) is 0 Å². The molecule has 0 spiro atoms. The molecule has 1 aliphatic heterocycles. The minimum Gasteiger partial charge on any atom is -0.452 e. The van der Waals surface area contributed by atoms with Gasteiger partial charge in [-0.25, -0.2) is 4.79 Å². The Kier molecular flexibility index (Phi) is 4.62. The average molecular weight is 325 g/mol. The molecule has 0 radical (unpaired) electrons. The van der Waals surface area contributed by atoms with Crippen LogP contribution < -0.4 is 4.90 Å². The standard InChI is InChI=1S/C19H19NO4/c1-13-10-16-4-2-3-5-17(16)20(13)18(22)12-24-19(23)15-8-6-14(11-21)7-9-15/h2-9,13,21H,10-12H2,1H3/t13-/m0/s1. The Bertz CT molecular complexity index is 754. The van der Waals surface area contributed by atoms with Crippen molar-refractivity contribution in [2.75, 3.05) is 11.5 Å². The Balaban J connectivity index is 1.64. The molecule has 2 aromatic carbocycles. The lowest BCUT2D eigenvalue weighted by atomic mass is 10.1.